The summed E-state index contributed by atoms with van der Waals surface area (Å²) >= 11 is 0. The highest BCUT2D eigenvalue weighted by Crippen LogP contribution is 2.09. The number of nitrogen functional groups attached to an aromatic ring is 1. The Morgan fingerprint density at radius 3 is 3.21 bits per heavy atom. The van der Waals surface area contributed by atoms with Crippen molar-refractivity contribution in [3.63, 3.8) is 0 Å². The summed E-state index contributed by atoms with van der Waals surface area (Å²) < 4.78 is 1.72. The van der Waals surface area contributed by atoms with E-state index in [1.165, 1.54) is 0 Å². The number of fused-ring (bicyclic) bond motifs is 1. The van der Waals surface area contributed by atoms with Crippen LogP contribution in [0.5, 0.6) is 0 Å². The molecule has 0 aliphatic heterocycles. The molecule has 0 radical (unpaired) electrons. The third-order valence-corrected chi connectivity index (χ3v) is 1.96. The van der Waals surface area contributed by atoms with Crippen LogP contribution >= 0.6 is 0 Å². The molecule has 3 N–H and O–H groups in total. The van der Waals surface area contributed by atoms with Crippen molar-refractivity contribution in [3.8, 4) is 0 Å². The highest BCUT2D eigenvalue weighted by molar-refractivity contribution is 5.76. The van der Waals surface area contributed by atoms with E-state index in [9.17, 15) is 4.79 Å². The average Bonchev–Trinajstić information content (AvgIpc) is 2.49. The summed E-state index contributed by atoms with van der Waals surface area (Å²) in [5.41, 5.74) is 6.39. The second-order valence-corrected chi connectivity index (χ2v) is 2.97. The number of nitrogens with zero attached hydrogens (tertiary/aromatic N) is 2. The summed E-state index contributed by atoms with van der Waals surface area (Å²) in [4.78, 5) is 18.1. The van der Waals surface area contributed by atoms with Gasteiger partial charge >= 0.3 is 0 Å². The fraction of sp³-hybridized carbons (Fsp3) is 0.111. The van der Waals surface area contributed by atoms with Gasteiger partial charge < -0.3 is 15.3 Å². The van der Waals surface area contributed by atoms with E-state index in [2.05, 4.69) is 16.5 Å². The number of nitrogens with one attached hydrogen (secondary N) is 1. The molecule has 0 unspecified atom stereocenters. The van der Waals surface area contributed by atoms with E-state index in [0.29, 0.717) is 23.4 Å². The Morgan fingerprint density at radius 2 is 2.50 bits per heavy atom. The van der Waals surface area contributed by atoms with Gasteiger partial charge in [0.25, 0.3) is 5.56 Å². The van der Waals surface area contributed by atoms with Gasteiger partial charge in [0.2, 0.25) is 0 Å². The van der Waals surface area contributed by atoms with Crippen LogP contribution in [0.4, 0.5) is 5.82 Å². The molecular weight excluding hydrogens is 180 g/mol. The van der Waals surface area contributed by atoms with Gasteiger partial charge in [0.15, 0.2) is 0 Å². The number of hydrogen-bond acceptors (Lipinski definition) is 3. The van der Waals surface area contributed by atoms with Gasteiger partial charge in [-0.15, -0.1) is 6.58 Å². The smallest absolute Gasteiger partial charge is 0.275 e. The van der Waals surface area contributed by atoms with Crippen LogP contribution in [0.2, 0.25) is 0 Å². The number of allylic oxidation sites excluding steroid dienone is 1. The molecule has 0 saturated heterocycles. The van der Waals surface area contributed by atoms with E-state index in [4.69, 9.17) is 5.73 Å². The van der Waals surface area contributed by atoms with Gasteiger partial charge in [0.05, 0.1) is 11.8 Å². The van der Waals surface area contributed by atoms with Crippen molar-refractivity contribution in [2.45, 2.75) is 6.54 Å². The molecule has 0 aliphatic rings. The molecule has 0 fully saturated rings. The van der Waals surface area contributed by atoms with Crippen LogP contribution in [0.25, 0.3) is 11.0 Å². The third kappa shape index (κ3) is 1.19. The molecule has 72 valence electrons. The van der Waals surface area contributed by atoms with Crippen LogP contribution < -0.4 is 11.3 Å². The van der Waals surface area contributed by atoms with Crippen molar-refractivity contribution < 1.29 is 0 Å². The predicted molar refractivity (Wildman–Crippen MR) is 55.0 cm³/mol. The number of H-pyrrole nitrogens is 1. The Balaban J connectivity index is 2.79. The molecule has 5 heteroatoms. The van der Waals surface area contributed by atoms with E-state index in [-0.39, 0.29) is 5.56 Å². The van der Waals surface area contributed by atoms with Gasteiger partial charge in [-0.25, -0.2) is 4.98 Å². The highest BCUT2D eigenvalue weighted by atomic mass is 16.1. The summed E-state index contributed by atoms with van der Waals surface area (Å²) in [5, 5.41) is 0. The number of nitrogens with two attached hydrogens (primary N) is 1. The zero-order chi connectivity index (χ0) is 10.1. The SMILES string of the molecule is C=CCn1cnc2cc(N)[nH]c(=O)c21. The van der Waals surface area contributed by atoms with Crippen LogP contribution in [0.1, 0.15) is 0 Å². The Hall–Kier alpha value is -2.04. The lowest BCUT2D eigenvalue weighted by Crippen LogP contribution is -2.12. The van der Waals surface area contributed by atoms with Crippen molar-refractivity contribution in [2.24, 2.45) is 0 Å². The molecule has 14 heavy (non-hydrogen) atoms. The van der Waals surface area contributed by atoms with Crippen LogP contribution in [-0.2, 0) is 6.54 Å². The molecule has 0 amide bonds. The van der Waals surface area contributed by atoms with Crippen molar-refractivity contribution in [1.82, 2.24) is 14.5 Å². The van der Waals surface area contributed by atoms with Crippen LogP contribution in [0.3, 0.4) is 0 Å². The first-order valence-electron chi connectivity index (χ1n) is 4.17. The van der Waals surface area contributed by atoms with Crippen LogP contribution in [0.15, 0.2) is 29.8 Å². The lowest BCUT2D eigenvalue weighted by Gasteiger charge is -1.98. The summed E-state index contributed by atoms with van der Waals surface area (Å²) in [6.07, 6.45) is 3.30. The number of hydrogen-bond donors (Lipinski definition) is 2. The molecule has 0 spiro atoms. The van der Waals surface area contributed by atoms with Crippen molar-refractivity contribution in [3.05, 3.63) is 35.4 Å². The molecule has 2 aromatic heterocycles. The summed E-state index contributed by atoms with van der Waals surface area (Å²) in [6, 6.07) is 1.64. The Morgan fingerprint density at radius 1 is 1.71 bits per heavy atom. The minimum absolute atomic E-state index is 0.223. The Bertz CT molecular complexity index is 537. The van der Waals surface area contributed by atoms with Gasteiger partial charge in [0, 0.05) is 12.6 Å². The maximum absolute atomic E-state index is 11.5. The fourth-order valence-electron chi connectivity index (χ4n) is 1.40. The van der Waals surface area contributed by atoms with Gasteiger partial charge in [-0.05, 0) is 0 Å². The summed E-state index contributed by atoms with van der Waals surface area (Å²) in [7, 11) is 0. The number of imidazole rings is 1. The van der Waals surface area contributed by atoms with E-state index in [1.807, 2.05) is 0 Å². The lowest BCUT2D eigenvalue weighted by atomic mass is 10.4. The standard InChI is InChI=1S/C9H10N4O/c1-2-3-13-5-11-6-4-7(10)12-9(14)8(6)13/h2,4-5H,1,3H2,(H3,10,12,14). The van der Waals surface area contributed by atoms with Crippen LogP contribution in [0, 0.1) is 0 Å². The molecule has 0 atom stereocenters. The second kappa shape index (κ2) is 3.02. The van der Waals surface area contributed by atoms with Crippen LogP contribution in [-0.4, -0.2) is 14.5 Å². The number of aromatic amines is 1. The maximum Gasteiger partial charge on any atom is 0.275 e. The molecule has 0 aromatic carbocycles. The fourth-order valence-corrected chi connectivity index (χ4v) is 1.40. The average molecular weight is 190 g/mol. The quantitative estimate of drug-likeness (QED) is 0.677. The molecule has 2 aromatic rings. The normalized spacial score (nSPS) is 10.6. The molecule has 0 bridgehead atoms. The minimum Gasteiger partial charge on any atom is -0.385 e. The van der Waals surface area contributed by atoms with E-state index in [1.54, 1.807) is 23.0 Å². The van der Waals surface area contributed by atoms with Crippen molar-refractivity contribution >= 4 is 16.9 Å². The molecule has 0 saturated carbocycles. The first kappa shape index (κ1) is 8.55. The summed E-state index contributed by atoms with van der Waals surface area (Å²) in [5.74, 6) is 0.325. The third-order valence-electron chi connectivity index (χ3n) is 1.96. The number of aromatic nitrogens is 3. The number of rotatable bonds is 2. The van der Waals surface area contributed by atoms with Gasteiger partial charge in [-0.3, -0.25) is 4.79 Å². The molecule has 0 aliphatic carbocycles. The van der Waals surface area contributed by atoms with E-state index >= 15 is 0 Å². The van der Waals surface area contributed by atoms with E-state index < -0.39 is 0 Å². The Kier molecular flexibility index (Phi) is 1.85. The topological polar surface area (TPSA) is 76.7 Å². The number of pyridine rings is 1. The monoisotopic (exact) mass is 190 g/mol. The second-order valence-electron chi connectivity index (χ2n) is 2.97. The summed E-state index contributed by atoms with van der Waals surface area (Å²) in [6.45, 7) is 4.16. The predicted octanol–water partition coefficient (Wildman–Crippen LogP) is 0.493. The minimum atomic E-state index is -0.223. The van der Waals surface area contributed by atoms with Crippen molar-refractivity contribution in [2.75, 3.05) is 5.73 Å². The number of anilines is 1. The maximum atomic E-state index is 11.5. The molecular formula is C9H10N4O. The first-order valence-corrected chi connectivity index (χ1v) is 4.17. The Labute approximate surface area is 79.9 Å². The molecule has 2 heterocycles. The van der Waals surface area contributed by atoms with Crippen molar-refractivity contribution in [1.29, 1.82) is 0 Å². The lowest BCUT2D eigenvalue weighted by molar-refractivity contribution is 0.846. The van der Waals surface area contributed by atoms with Gasteiger partial charge in [-0.2, -0.15) is 0 Å². The first-order chi connectivity index (χ1) is 6.72. The molecule has 2 rings (SSSR count). The highest BCUT2D eigenvalue weighted by Gasteiger charge is 2.06. The largest absolute Gasteiger partial charge is 0.385 e. The van der Waals surface area contributed by atoms with Gasteiger partial charge in [-0.1, -0.05) is 6.08 Å². The van der Waals surface area contributed by atoms with E-state index in [0.717, 1.165) is 0 Å². The van der Waals surface area contributed by atoms with Gasteiger partial charge in [0.1, 0.15) is 11.3 Å². The molecule has 5 nitrogen and oxygen atoms in total. The zero-order valence-electron chi connectivity index (χ0n) is 7.53. The zero-order valence-corrected chi connectivity index (χ0v) is 7.53.